The molecule has 1 atom stereocenters. The van der Waals surface area contributed by atoms with Gasteiger partial charge in [-0.1, -0.05) is 26.8 Å². The van der Waals surface area contributed by atoms with E-state index >= 15 is 0 Å². The molecule has 0 aliphatic carbocycles. The molecule has 0 saturated heterocycles. The molecule has 140 valence electrons. The van der Waals surface area contributed by atoms with Crippen molar-refractivity contribution in [2.45, 2.75) is 33.3 Å². The molecule has 1 aromatic rings. The Morgan fingerprint density at radius 1 is 1.24 bits per heavy atom. The van der Waals surface area contributed by atoms with E-state index < -0.39 is 0 Å². The van der Waals surface area contributed by atoms with Gasteiger partial charge >= 0.3 is 0 Å². The van der Waals surface area contributed by atoms with Crippen molar-refractivity contribution < 1.29 is 13.9 Å². The summed E-state index contributed by atoms with van der Waals surface area (Å²) in [7, 11) is 1.68. The normalized spacial score (nSPS) is 12.6. The second kappa shape index (κ2) is 11.3. The molecule has 7 heteroatoms. The number of carbonyl (C=O) groups excluding carboxylic acids is 1. The third kappa shape index (κ3) is 8.37. The van der Waals surface area contributed by atoms with Gasteiger partial charge < -0.3 is 20.7 Å². The molecule has 0 aliphatic heterocycles. The molecule has 0 heterocycles. The summed E-state index contributed by atoms with van der Waals surface area (Å²) in [6.07, 6.45) is 0.659. The van der Waals surface area contributed by atoms with Crippen molar-refractivity contribution >= 4 is 11.9 Å². The van der Waals surface area contributed by atoms with Crippen molar-refractivity contribution in [1.82, 2.24) is 16.0 Å². The van der Waals surface area contributed by atoms with Crippen LogP contribution in [0, 0.1) is 11.7 Å². The van der Waals surface area contributed by atoms with Crippen molar-refractivity contribution in [3.05, 3.63) is 30.1 Å². The van der Waals surface area contributed by atoms with Crippen LogP contribution in [-0.2, 0) is 4.79 Å². The van der Waals surface area contributed by atoms with Gasteiger partial charge in [0.25, 0.3) is 0 Å². The topological polar surface area (TPSA) is 74.8 Å². The van der Waals surface area contributed by atoms with Gasteiger partial charge in [-0.2, -0.15) is 0 Å². The summed E-state index contributed by atoms with van der Waals surface area (Å²) in [5.74, 6) is 0.816. The average molecular weight is 352 g/mol. The quantitative estimate of drug-likeness (QED) is 0.361. The Morgan fingerprint density at radius 2 is 1.96 bits per heavy atom. The van der Waals surface area contributed by atoms with Crippen molar-refractivity contribution in [2.75, 3.05) is 26.7 Å². The number of nitrogens with zero attached hydrogens (tertiary/aromatic N) is 1. The molecule has 1 amide bonds. The second-order valence-corrected chi connectivity index (χ2v) is 5.93. The molecule has 1 rings (SSSR count). The van der Waals surface area contributed by atoms with E-state index in [4.69, 9.17) is 4.74 Å². The second-order valence-electron chi connectivity index (χ2n) is 5.93. The number of carbonyl (C=O) groups is 1. The molecule has 1 aromatic carbocycles. The van der Waals surface area contributed by atoms with Gasteiger partial charge in [0.15, 0.2) is 5.96 Å². The summed E-state index contributed by atoms with van der Waals surface area (Å²) in [5, 5.41) is 9.13. The Labute approximate surface area is 149 Å². The molecule has 0 spiro atoms. The lowest BCUT2D eigenvalue weighted by Crippen LogP contribution is -2.45. The Bertz CT molecular complexity index is 564. The van der Waals surface area contributed by atoms with Crippen LogP contribution in [0.1, 0.15) is 27.2 Å². The van der Waals surface area contributed by atoms with Crippen molar-refractivity contribution in [2.24, 2.45) is 10.9 Å². The predicted molar refractivity (Wildman–Crippen MR) is 98.3 cm³/mol. The number of hydrogen-bond acceptors (Lipinski definition) is 3. The number of amides is 1. The minimum Gasteiger partial charge on any atom is -0.489 e. The lowest BCUT2D eigenvalue weighted by Gasteiger charge is -2.20. The first kappa shape index (κ1) is 20.7. The van der Waals surface area contributed by atoms with Crippen LogP contribution in [-0.4, -0.2) is 44.7 Å². The number of ether oxygens (including phenoxy) is 1. The van der Waals surface area contributed by atoms with Gasteiger partial charge in [0.2, 0.25) is 5.91 Å². The summed E-state index contributed by atoms with van der Waals surface area (Å²) < 4.78 is 19.0. The fourth-order valence-electron chi connectivity index (χ4n) is 2.00. The molecule has 0 bridgehead atoms. The lowest BCUT2D eigenvalue weighted by molar-refractivity contribution is -0.123. The van der Waals surface area contributed by atoms with E-state index in [0.717, 1.165) is 6.42 Å². The number of guanidine groups is 1. The number of aliphatic imine (C=N–C) groups is 1. The van der Waals surface area contributed by atoms with E-state index in [1.54, 1.807) is 19.2 Å². The van der Waals surface area contributed by atoms with E-state index in [1.165, 1.54) is 12.1 Å². The highest BCUT2D eigenvalue weighted by Gasteiger charge is 2.10. The molecule has 0 saturated carbocycles. The highest BCUT2D eigenvalue weighted by molar-refractivity contribution is 5.80. The molecular weight excluding hydrogens is 323 g/mol. The number of rotatable bonds is 9. The van der Waals surface area contributed by atoms with Crippen LogP contribution in [0.5, 0.6) is 5.75 Å². The summed E-state index contributed by atoms with van der Waals surface area (Å²) in [6.45, 7) is 7.34. The Hall–Kier alpha value is -2.31. The Balaban J connectivity index is 2.35. The van der Waals surface area contributed by atoms with Crippen LogP contribution in [0.2, 0.25) is 0 Å². The van der Waals surface area contributed by atoms with Crippen LogP contribution in [0.25, 0.3) is 0 Å². The SMILES string of the molecule is CCC(CNC(=NC)NCCNC(=O)C(C)C)Oc1cccc(F)c1. The van der Waals surface area contributed by atoms with E-state index in [-0.39, 0.29) is 23.7 Å². The monoisotopic (exact) mass is 352 g/mol. The zero-order chi connectivity index (χ0) is 18.7. The Morgan fingerprint density at radius 3 is 2.56 bits per heavy atom. The highest BCUT2D eigenvalue weighted by atomic mass is 19.1. The lowest BCUT2D eigenvalue weighted by atomic mass is 10.2. The first-order chi connectivity index (χ1) is 12.0. The maximum absolute atomic E-state index is 13.2. The summed E-state index contributed by atoms with van der Waals surface area (Å²) >= 11 is 0. The summed E-state index contributed by atoms with van der Waals surface area (Å²) in [6, 6.07) is 6.11. The van der Waals surface area contributed by atoms with Crippen molar-refractivity contribution in [3.8, 4) is 5.75 Å². The minimum atomic E-state index is -0.318. The summed E-state index contributed by atoms with van der Waals surface area (Å²) in [4.78, 5) is 15.6. The van der Waals surface area contributed by atoms with Gasteiger partial charge in [-0.05, 0) is 18.6 Å². The maximum Gasteiger partial charge on any atom is 0.222 e. The smallest absolute Gasteiger partial charge is 0.222 e. The number of benzene rings is 1. The van der Waals surface area contributed by atoms with Gasteiger partial charge in [-0.3, -0.25) is 9.79 Å². The maximum atomic E-state index is 13.2. The fraction of sp³-hybridized carbons (Fsp3) is 0.556. The predicted octanol–water partition coefficient (Wildman–Crippen LogP) is 1.92. The first-order valence-electron chi connectivity index (χ1n) is 8.60. The Kier molecular flexibility index (Phi) is 9.36. The molecule has 0 aliphatic rings. The van der Waals surface area contributed by atoms with E-state index in [1.807, 2.05) is 20.8 Å². The molecule has 1 unspecified atom stereocenters. The summed E-state index contributed by atoms with van der Waals surface area (Å²) in [5.41, 5.74) is 0. The molecule has 25 heavy (non-hydrogen) atoms. The van der Waals surface area contributed by atoms with E-state index in [0.29, 0.717) is 31.3 Å². The zero-order valence-electron chi connectivity index (χ0n) is 15.4. The highest BCUT2D eigenvalue weighted by Crippen LogP contribution is 2.14. The van der Waals surface area contributed by atoms with Gasteiger partial charge in [-0.15, -0.1) is 0 Å². The molecular formula is C18H29FN4O2. The third-order valence-electron chi connectivity index (χ3n) is 3.52. The number of hydrogen-bond donors (Lipinski definition) is 3. The van der Waals surface area contributed by atoms with Crippen LogP contribution >= 0.6 is 0 Å². The minimum absolute atomic E-state index is 0.0253. The fourth-order valence-corrected chi connectivity index (χ4v) is 2.00. The number of halogens is 1. The van der Waals surface area contributed by atoms with E-state index in [2.05, 4.69) is 20.9 Å². The van der Waals surface area contributed by atoms with Crippen LogP contribution in [0.3, 0.4) is 0 Å². The molecule has 0 radical (unpaired) electrons. The van der Waals surface area contributed by atoms with Crippen LogP contribution in [0.4, 0.5) is 4.39 Å². The van der Waals surface area contributed by atoms with Gasteiger partial charge in [0, 0.05) is 32.1 Å². The van der Waals surface area contributed by atoms with Gasteiger partial charge in [-0.25, -0.2) is 4.39 Å². The molecule has 0 aromatic heterocycles. The van der Waals surface area contributed by atoms with E-state index in [9.17, 15) is 9.18 Å². The first-order valence-corrected chi connectivity index (χ1v) is 8.60. The molecule has 6 nitrogen and oxygen atoms in total. The van der Waals surface area contributed by atoms with Crippen LogP contribution < -0.4 is 20.7 Å². The average Bonchev–Trinajstić information content (AvgIpc) is 2.59. The zero-order valence-corrected chi connectivity index (χ0v) is 15.4. The standard InChI is InChI=1S/C18H29FN4O2/c1-5-15(25-16-8-6-7-14(19)11-16)12-23-18(20-4)22-10-9-21-17(24)13(2)3/h6-8,11,13,15H,5,9-10,12H2,1-4H3,(H,21,24)(H2,20,22,23). The molecule has 3 N–H and O–H groups in total. The van der Waals surface area contributed by atoms with Crippen LogP contribution in [0.15, 0.2) is 29.3 Å². The largest absolute Gasteiger partial charge is 0.489 e. The number of nitrogens with one attached hydrogen (secondary N) is 3. The van der Waals surface area contributed by atoms with Gasteiger partial charge in [0.05, 0.1) is 6.54 Å². The third-order valence-corrected chi connectivity index (χ3v) is 3.52. The van der Waals surface area contributed by atoms with Crippen molar-refractivity contribution in [3.63, 3.8) is 0 Å². The van der Waals surface area contributed by atoms with Gasteiger partial charge in [0.1, 0.15) is 17.7 Å². The van der Waals surface area contributed by atoms with Crippen molar-refractivity contribution in [1.29, 1.82) is 0 Å². The molecule has 0 fully saturated rings.